The Morgan fingerprint density at radius 3 is 2.79 bits per heavy atom. The molecule has 3 atom stereocenters. The fourth-order valence-corrected chi connectivity index (χ4v) is 2.95. The maximum absolute atomic E-state index is 13.0. The number of carbonyl (C=O) groups is 1. The molecule has 0 aromatic carbocycles. The van der Waals surface area contributed by atoms with Gasteiger partial charge in [-0.2, -0.15) is 8.78 Å². The van der Waals surface area contributed by atoms with Crippen LogP contribution in [0.4, 0.5) is 8.78 Å². The number of fused-ring (bicyclic) bond motifs is 2. The van der Waals surface area contributed by atoms with Crippen LogP contribution in [0.25, 0.3) is 0 Å². The lowest BCUT2D eigenvalue weighted by Gasteiger charge is -2.18. The number of alkyl halides is 2. The molecule has 108 valence electrons. The topological polar surface area (TPSA) is 65.0 Å². The molecule has 1 fully saturated rings. The van der Waals surface area contributed by atoms with Gasteiger partial charge in [0.1, 0.15) is 12.0 Å². The van der Waals surface area contributed by atoms with Crippen LogP contribution >= 0.6 is 12.0 Å². The van der Waals surface area contributed by atoms with E-state index in [-0.39, 0.29) is 6.61 Å². The van der Waals surface area contributed by atoms with Crippen LogP contribution in [0.15, 0.2) is 12.2 Å². The van der Waals surface area contributed by atoms with Gasteiger partial charge in [-0.15, -0.1) is 4.33 Å². The SMILES string of the molecule is O=C(OCCC1CC2C=CC1C2)C(F)(F)SOOO. The lowest BCUT2D eigenvalue weighted by molar-refractivity contribution is -0.433. The molecule has 0 amide bonds. The quantitative estimate of drug-likeness (QED) is 0.256. The largest absolute Gasteiger partial charge is 0.460 e. The highest BCUT2D eigenvalue weighted by molar-refractivity contribution is 7.96. The van der Waals surface area contributed by atoms with Crippen molar-refractivity contribution in [3.05, 3.63) is 12.2 Å². The monoisotopic (exact) mass is 296 g/mol. The van der Waals surface area contributed by atoms with Gasteiger partial charge in [0, 0.05) is 0 Å². The Labute approximate surface area is 113 Å². The van der Waals surface area contributed by atoms with Crippen molar-refractivity contribution >= 4 is 18.0 Å². The van der Waals surface area contributed by atoms with E-state index < -0.39 is 23.3 Å². The first kappa shape index (κ1) is 14.7. The third-order valence-corrected chi connectivity index (χ3v) is 4.05. The van der Waals surface area contributed by atoms with Gasteiger partial charge in [-0.3, -0.25) is 0 Å². The normalized spacial score (nSPS) is 28.9. The van der Waals surface area contributed by atoms with E-state index >= 15 is 0 Å². The summed E-state index contributed by atoms with van der Waals surface area (Å²) in [4.78, 5) is 11.1. The Kier molecular flexibility index (Phi) is 4.77. The molecular weight excluding hydrogens is 282 g/mol. The number of allylic oxidation sites excluding steroid dienone is 2. The number of esters is 1. The van der Waals surface area contributed by atoms with Gasteiger partial charge < -0.3 is 4.74 Å². The molecule has 19 heavy (non-hydrogen) atoms. The third-order valence-electron chi connectivity index (χ3n) is 3.54. The predicted molar refractivity (Wildman–Crippen MR) is 61.8 cm³/mol. The zero-order valence-corrected chi connectivity index (χ0v) is 10.8. The van der Waals surface area contributed by atoms with Gasteiger partial charge in [0.05, 0.1) is 6.61 Å². The summed E-state index contributed by atoms with van der Waals surface area (Å²) in [6, 6.07) is 0. The molecule has 1 N–H and O–H groups in total. The standard InChI is InChI=1S/C11H14F2O5S/c12-11(13,19-18-17-15)10(14)16-4-3-9-6-7-1-2-8(9)5-7/h1-2,7-9,15H,3-6H2. The average molecular weight is 296 g/mol. The zero-order chi connectivity index (χ0) is 13.9. The highest BCUT2D eigenvalue weighted by atomic mass is 32.2. The van der Waals surface area contributed by atoms with Gasteiger partial charge >= 0.3 is 11.2 Å². The van der Waals surface area contributed by atoms with Crippen molar-refractivity contribution in [2.75, 3.05) is 6.61 Å². The number of hydrogen-bond donors (Lipinski definition) is 1. The maximum atomic E-state index is 13.0. The van der Waals surface area contributed by atoms with Crippen molar-refractivity contribution < 1.29 is 32.9 Å². The van der Waals surface area contributed by atoms with Crippen LogP contribution in [0.2, 0.25) is 0 Å². The van der Waals surface area contributed by atoms with Crippen LogP contribution in [0.5, 0.6) is 0 Å². The molecule has 2 aliphatic carbocycles. The predicted octanol–water partition coefficient (Wildman–Crippen LogP) is 2.79. The van der Waals surface area contributed by atoms with Crippen molar-refractivity contribution in [2.45, 2.75) is 24.5 Å². The fourth-order valence-electron chi connectivity index (χ4n) is 2.71. The molecule has 8 heteroatoms. The lowest BCUT2D eigenvalue weighted by Crippen LogP contribution is -2.28. The second kappa shape index (κ2) is 6.17. The molecule has 0 heterocycles. The molecular formula is C11H14F2O5S. The van der Waals surface area contributed by atoms with E-state index in [1.165, 1.54) is 0 Å². The zero-order valence-electron chi connectivity index (χ0n) is 9.96. The summed E-state index contributed by atoms with van der Waals surface area (Å²) < 4.78 is 34.1. The average Bonchev–Trinajstić information content (AvgIpc) is 2.98. The van der Waals surface area contributed by atoms with Crippen molar-refractivity contribution in [3.8, 4) is 0 Å². The molecule has 3 unspecified atom stereocenters. The van der Waals surface area contributed by atoms with Gasteiger partial charge in [-0.25, -0.2) is 10.1 Å². The Hall–Kier alpha value is -0.700. The van der Waals surface area contributed by atoms with Gasteiger partial charge in [0.25, 0.3) is 0 Å². The van der Waals surface area contributed by atoms with E-state index in [4.69, 9.17) is 5.26 Å². The minimum atomic E-state index is -3.91. The number of carbonyl (C=O) groups excluding carboxylic acids is 1. The van der Waals surface area contributed by atoms with E-state index in [9.17, 15) is 13.6 Å². The second-order valence-corrected chi connectivity index (χ2v) is 5.52. The summed E-state index contributed by atoms with van der Waals surface area (Å²) in [5.41, 5.74) is 0. The Morgan fingerprint density at radius 2 is 2.21 bits per heavy atom. The van der Waals surface area contributed by atoms with E-state index in [0.717, 1.165) is 12.8 Å². The van der Waals surface area contributed by atoms with E-state index in [2.05, 4.69) is 26.3 Å². The van der Waals surface area contributed by atoms with Gasteiger partial charge in [0.15, 0.2) is 0 Å². The summed E-state index contributed by atoms with van der Waals surface area (Å²) in [5.74, 6) is -0.211. The second-order valence-electron chi connectivity index (χ2n) is 4.71. The summed E-state index contributed by atoms with van der Waals surface area (Å²) in [6.07, 6.45) is 7.06. The molecule has 0 aromatic heterocycles. The van der Waals surface area contributed by atoms with Crippen LogP contribution in [-0.4, -0.2) is 23.1 Å². The van der Waals surface area contributed by atoms with Crippen LogP contribution < -0.4 is 0 Å². The summed E-state index contributed by atoms with van der Waals surface area (Å²) in [7, 11) is 0. The maximum Gasteiger partial charge on any atom is 0.415 e. The fraction of sp³-hybridized carbons (Fsp3) is 0.727. The summed E-state index contributed by atoms with van der Waals surface area (Å²) in [5, 5.41) is 6.87. The van der Waals surface area contributed by atoms with Crippen LogP contribution in [-0.2, 0) is 18.9 Å². The first-order valence-electron chi connectivity index (χ1n) is 5.92. The van der Waals surface area contributed by atoms with Crippen molar-refractivity contribution in [2.24, 2.45) is 17.8 Å². The van der Waals surface area contributed by atoms with E-state index in [1.807, 2.05) is 0 Å². The number of ether oxygens (including phenoxy) is 1. The van der Waals surface area contributed by atoms with Crippen LogP contribution in [0.1, 0.15) is 19.3 Å². The summed E-state index contributed by atoms with van der Waals surface area (Å²) in [6.45, 7) is -0.0449. The molecule has 0 aliphatic heterocycles. The van der Waals surface area contributed by atoms with Crippen molar-refractivity contribution in [3.63, 3.8) is 0 Å². The van der Waals surface area contributed by atoms with Gasteiger partial charge in [-0.1, -0.05) is 17.2 Å². The molecule has 5 nitrogen and oxygen atoms in total. The molecule has 0 spiro atoms. The highest BCUT2D eigenvalue weighted by Gasteiger charge is 2.44. The Morgan fingerprint density at radius 1 is 1.42 bits per heavy atom. The molecule has 2 rings (SSSR count). The van der Waals surface area contributed by atoms with Crippen molar-refractivity contribution in [1.29, 1.82) is 0 Å². The third kappa shape index (κ3) is 3.65. The molecule has 2 bridgehead atoms. The summed E-state index contributed by atoms with van der Waals surface area (Å²) >= 11 is -0.610. The van der Waals surface area contributed by atoms with Crippen molar-refractivity contribution in [1.82, 2.24) is 0 Å². The first-order chi connectivity index (χ1) is 9.03. The van der Waals surface area contributed by atoms with Crippen LogP contribution in [0, 0.1) is 17.8 Å². The number of halogens is 2. The lowest BCUT2D eigenvalue weighted by atomic mass is 9.91. The van der Waals surface area contributed by atoms with Gasteiger partial charge in [-0.05, 0) is 37.0 Å². The smallest absolute Gasteiger partial charge is 0.415 e. The minimum absolute atomic E-state index is 0.0449. The number of rotatable bonds is 7. The van der Waals surface area contributed by atoms with Gasteiger partial charge in [0.2, 0.25) is 0 Å². The molecule has 0 aromatic rings. The molecule has 0 saturated heterocycles. The Bertz CT molecular complexity index is 363. The molecule has 0 radical (unpaired) electrons. The molecule has 1 saturated carbocycles. The Balaban J connectivity index is 1.68. The van der Waals surface area contributed by atoms with E-state index in [0.29, 0.717) is 24.2 Å². The molecule has 2 aliphatic rings. The first-order valence-corrected chi connectivity index (χ1v) is 6.66. The van der Waals surface area contributed by atoms with Crippen LogP contribution in [0.3, 0.4) is 0 Å². The highest BCUT2D eigenvalue weighted by Crippen LogP contribution is 2.44. The number of hydrogen-bond acceptors (Lipinski definition) is 6. The van der Waals surface area contributed by atoms with E-state index in [1.54, 1.807) is 0 Å². The minimum Gasteiger partial charge on any atom is -0.460 e.